The molecule has 63 heavy (non-hydrogen) atoms. The Morgan fingerprint density at radius 3 is 1.57 bits per heavy atom. The molecule has 5 nitrogen and oxygen atoms in total. The quantitative estimate of drug-likeness (QED) is 0.134. The molecule has 0 amide bonds. The van der Waals surface area contributed by atoms with E-state index in [-0.39, 0.29) is 26.2 Å². The summed E-state index contributed by atoms with van der Waals surface area (Å²) in [6.07, 6.45) is 0.686. The molecule has 9 aromatic rings. The largest absolute Gasteiger partial charge is 4.00 e. The van der Waals surface area contributed by atoms with Gasteiger partial charge >= 0.3 is 26.2 Å². The van der Waals surface area contributed by atoms with Gasteiger partial charge in [-0.3, -0.25) is 4.90 Å². The molecule has 0 aliphatic heterocycles. The minimum Gasteiger partial charge on any atom is -0.507 e. The predicted molar refractivity (Wildman–Crippen MR) is 262 cm³/mol. The minimum atomic E-state index is 0. The first-order valence-corrected chi connectivity index (χ1v) is 21.3. The van der Waals surface area contributed by atoms with Crippen LogP contribution >= 0.6 is 0 Å². The van der Waals surface area contributed by atoms with Gasteiger partial charge in [0.05, 0.1) is 16.7 Å². The molecule has 0 saturated carbocycles. The number of rotatable bonds is 10. The fourth-order valence-electron chi connectivity index (χ4n) is 8.10. The van der Waals surface area contributed by atoms with Gasteiger partial charge < -0.3 is 19.7 Å². The molecule has 8 aromatic carbocycles. The fraction of sp³-hybridized carbons (Fsp3) is 0.158. The van der Waals surface area contributed by atoms with Crippen molar-refractivity contribution in [3.05, 3.63) is 223 Å². The molecule has 0 radical (unpaired) electrons. The molecule has 0 aliphatic rings. The van der Waals surface area contributed by atoms with Crippen LogP contribution in [0, 0.1) is 27.7 Å². The van der Waals surface area contributed by atoms with Crippen molar-refractivity contribution >= 4 is 32.6 Å². The van der Waals surface area contributed by atoms with Gasteiger partial charge in [0, 0.05) is 48.1 Å². The SMILES string of the molecule is Cc1cc(CCN(CCN(C)C)Cc2cc(C)cc(-n3c4ccccc4c4ccccc43)c2O)c(O)c(-c2cccc3ccccc23)c1.[CH2-]c1ccccc1.[CH2-]c1ccccc1.[Zr+4]. The Morgan fingerprint density at radius 2 is 1.00 bits per heavy atom. The molecule has 314 valence electrons. The van der Waals surface area contributed by atoms with Gasteiger partial charge in [-0.25, -0.2) is 0 Å². The Hall–Kier alpha value is -6.04. The van der Waals surface area contributed by atoms with E-state index >= 15 is 0 Å². The predicted octanol–water partition coefficient (Wildman–Crippen LogP) is 13.0. The van der Waals surface area contributed by atoms with Gasteiger partial charge in [0.25, 0.3) is 0 Å². The summed E-state index contributed by atoms with van der Waals surface area (Å²) in [4.78, 5) is 4.58. The maximum Gasteiger partial charge on any atom is 4.00 e. The molecular weight excluding hydrogens is 850 g/mol. The second-order valence-corrected chi connectivity index (χ2v) is 16.3. The number of phenolic OH excluding ortho intramolecular Hbond substituents is 2. The van der Waals surface area contributed by atoms with Gasteiger partial charge in [0.1, 0.15) is 11.5 Å². The number of benzene rings is 8. The molecule has 1 heterocycles. The van der Waals surface area contributed by atoms with E-state index in [1.54, 1.807) is 0 Å². The molecule has 1 aromatic heterocycles. The summed E-state index contributed by atoms with van der Waals surface area (Å²) in [6, 6.07) is 59.6. The number of likely N-dealkylation sites (N-methyl/N-ethyl adjacent to an activating group) is 1. The molecule has 0 aliphatic carbocycles. The van der Waals surface area contributed by atoms with Crippen LogP contribution in [-0.4, -0.2) is 58.3 Å². The van der Waals surface area contributed by atoms with Crippen molar-refractivity contribution in [3.8, 4) is 28.3 Å². The third kappa shape index (κ3) is 11.5. The Kier molecular flexibility index (Phi) is 16.1. The third-order valence-electron chi connectivity index (χ3n) is 11.2. The van der Waals surface area contributed by atoms with Gasteiger partial charge in [0.2, 0.25) is 0 Å². The van der Waals surface area contributed by atoms with Crippen LogP contribution in [0.2, 0.25) is 0 Å². The van der Waals surface area contributed by atoms with Crippen molar-refractivity contribution in [2.45, 2.75) is 26.8 Å². The number of nitrogens with zero attached hydrogens (tertiary/aromatic N) is 3. The van der Waals surface area contributed by atoms with Crippen molar-refractivity contribution in [1.29, 1.82) is 0 Å². The molecule has 2 N–H and O–H groups in total. The van der Waals surface area contributed by atoms with Gasteiger partial charge in [-0.2, -0.15) is 49.2 Å². The number of fused-ring (bicyclic) bond motifs is 4. The molecule has 0 bridgehead atoms. The average molecular weight is 907 g/mol. The summed E-state index contributed by atoms with van der Waals surface area (Å²) >= 11 is 0. The van der Waals surface area contributed by atoms with E-state index < -0.39 is 0 Å². The van der Waals surface area contributed by atoms with Gasteiger partial charge in [-0.15, -0.1) is 24.3 Å². The zero-order valence-electron chi connectivity index (χ0n) is 36.9. The van der Waals surface area contributed by atoms with Crippen LogP contribution < -0.4 is 0 Å². The molecule has 0 atom stereocenters. The van der Waals surface area contributed by atoms with E-state index in [1.807, 2.05) is 66.7 Å². The molecule has 0 unspecified atom stereocenters. The van der Waals surface area contributed by atoms with Crippen LogP contribution in [0.15, 0.2) is 176 Å². The van der Waals surface area contributed by atoms with E-state index in [0.717, 1.165) is 91.6 Å². The van der Waals surface area contributed by atoms with Crippen LogP contribution in [0.25, 0.3) is 49.4 Å². The summed E-state index contributed by atoms with van der Waals surface area (Å²) in [6.45, 7) is 14.7. The Labute approximate surface area is 393 Å². The summed E-state index contributed by atoms with van der Waals surface area (Å²) in [5.74, 6) is 0.648. The number of aromatic nitrogens is 1. The van der Waals surface area contributed by atoms with E-state index in [9.17, 15) is 10.2 Å². The summed E-state index contributed by atoms with van der Waals surface area (Å²) < 4.78 is 2.19. The molecule has 9 rings (SSSR count). The number of aromatic hydroxyl groups is 2. The average Bonchev–Trinajstić information content (AvgIpc) is 3.61. The van der Waals surface area contributed by atoms with Crippen molar-refractivity contribution in [2.24, 2.45) is 0 Å². The molecule has 0 saturated heterocycles. The van der Waals surface area contributed by atoms with E-state index in [4.69, 9.17) is 0 Å². The van der Waals surface area contributed by atoms with Gasteiger partial charge in [-0.05, 0) is 91.7 Å². The number of hydrogen-bond donors (Lipinski definition) is 2. The normalized spacial score (nSPS) is 11.0. The van der Waals surface area contributed by atoms with Gasteiger partial charge in [0.15, 0.2) is 0 Å². The zero-order chi connectivity index (χ0) is 43.6. The second kappa shape index (κ2) is 21.8. The monoisotopic (exact) mass is 905 g/mol. The first-order chi connectivity index (χ1) is 30.1. The molecular formula is C57H57N3O2Zr+2. The van der Waals surface area contributed by atoms with E-state index in [2.05, 4.69) is 165 Å². The second-order valence-electron chi connectivity index (χ2n) is 16.3. The number of aryl methyl sites for hydroxylation is 2. The topological polar surface area (TPSA) is 51.9 Å². The van der Waals surface area contributed by atoms with Crippen LogP contribution in [0.4, 0.5) is 0 Å². The summed E-state index contributed by atoms with van der Waals surface area (Å²) in [7, 11) is 4.18. The van der Waals surface area contributed by atoms with Crippen molar-refractivity contribution in [1.82, 2.24) is 14.4 Å². The summed E-state index contributed by atoms with van der Waals surface area (Å²) in [5, 5.41) is 28.3. The zero-order valence-corrected chi connectivity index (χ0v) is 39.4. The number of phenols is 2. The van der Waals surface area contributed by atoms with Gasteiger partial charge in [-0.1, -0.05) is 103 Å². The Bertz CT molecular complexity index is 2790. The molecule has 0 spiro atoms. The third-order valence-corrected chi connectivity index (χ3v) is 11.2. The smallest absolute Gasteiger partial charge is 0.507 e. The van der Waals surface area contributed by atoms with Crippen LogP contribution in [-0.2, 0) is 39.2 Å². The number of para-hydroxylation sites is 2. The maximum atomic E-state index is 11.9. The van der Waals surface area contributed by atoms with Crippen LogP contribution in [0.5, 0.6) is 11.5 Å². The van der Waals surface area contributed by atoms with Crippen molar-refractivity contribution in [2.75, 3.05) is 33.7 Å². The first kappa shape index (κ1) is 46.5. The molecule has 0 fully saturated rings. The minimum absolute atomic E-state index is 0. The summed E-state index contributed by atoms with van der Waals surface area (Å²) in [5.41, 5.74) is 11.1. The van der Waals surface area contributed by atoms with Crippen molar-refractivity contribution in [3.63, 3.8) is 0 Å². The first-order valence-electron chi connectivity index (χ1n) is 21.3. The van der Waals surface area contributed by atoms with E-state index in [0.29, 0.717) is 24.5 Å². The van der Waals surface area contributed by atoms with Crippen molar-refractivity contribution < 1.29 is 36.4 Å². The standard InChI is InChI=1S/C43H43N3O2.2C7H7.Zr/c1-29-24-32(42(47)38(26-29)35-17-11-13-31-12-5-6-14-34(31)35)20-21-45(23-22-44(3)4)28-33-25-30(2)27-41(43(33)48)46-39-18-9-7-15-36(39)37-16-8-10-19-40(37)46;2*1-7-5-3-2-4-6-7;/h5-19,24-27,47-48H,20-23,28H2,1-4H3;2*2-6H,1H2;/q;2*-1;+4. The Balaban J connectivity index is 0.000000374. The Morgan fingerprint density at radius 1 is 0.492 bits per heavy atom. The van der Waals surface area contributed by atoms with Crippen LogP contribution in [0.1, 0.15) is 33.4 Å². The number of hydrogen-bond acceptors (Lipinski definition) is 4. The fourth-order valence-corrected chi connectivity index (χ4v) is 8.10. The van der Waals surface area contributed by atoms with E-state index in [1.165, 1.54) is 10.8 Å². The van der Waals surface area contributed by atoms with Crippen LogP contribution in [0.3, 0.4) is 0 Å². The maximum absolute atomic E-state index is 11.9. The molecule has 6 heteroatoms.